The summed E-state index contributed by atoms with van der Waals surface area (Å²) in [6, 6.07) is 11.0. The third-order valence-electron chi connectivity index (χ3n) is 5.88. The highest BCUT2D eigenvalue weighted by molar-refractivity contribution is 7.92. The molecule has 0 spiro atoms. The molecule has 0 heterocycles. The second-order valence-corrected chi connectivity index (χ2v) is 11.2. The molecule has 0 fully saturated rings. The first kappa shape index (κ1) is 28.9. The third kappa shape index (κ3) is 7.59. The number of benzene rings is 2. The number of hydrogen-bond acceptors (Lipinski definition) is 4. The number of sulfonamides is 1. The summed E-state index contributed by atoms with van der Waals surface area (Å²) in [5.74, 6) is -0.903. The third-order valence-corrected chi connectivity index (χ3v) is 7.71. The minimum atomic E-state index is -3.80. The van der Waals surface area contributed by atoms with Gasteiger partial charge in [-0.3, -0.25) is 13.9 Å². The van der Waals surface area contributed by atoms with Crippen molar-refractivity contribution in [2.24, 2.45) is 0 Å². The maximum Gasteiger partial charge on any atom is 0.244 e. The number of amides is 2. The van der Waals surface area contributed by atoms with E-state index in [1.165, 1.54) is 4.90 Å². The lowest BCUT2D eigenvalue weighted by molar-refractivity contribution is -0.139. The van der Waals surface area contributed by atoms with Gasteiger partial charge in [-0.25, -0.2) is 8.42 Å². The van der Waals surface area contributed by atoms with Crippen molar-refractivity contribution in [1.82, 2.24) is 10.2 Å². The van der Waals surface area contributed by atoms with Crippen LogP contribution in [-0.2, 0) is 32.6 Å². The Morgan fingerprint density at radius 2 is 1.60 bits per heavy atom. The largest absolute Gasteiger partial charge is 0.352 e. The zero-order valence-corrected chi connectivity index (χ0v) is 23.0. The van der Waals surface area contributed by atoms with Gasteiger partial charge >= 0.3 is 0 Å². The summed E-state index contributed by atoms with van der Waals surface area (Å²) in [6.45, 7) is 6.80. The Kier molecular flexibility index (Phi) is 10.4. The van der Waals surface area contributed by atoms with Gasteiger partial charge in [0.2, 0.25) is 21.8 Å². The van der Waals surface area contributed by atoms with E-state index in [0.717, 1.165) is 22.5 Å². The number of nitrogens with one attached hydrogen (secondary N) is 1. The quantitative estimate of drug-likeness (QED) is 0.448. The Morgan fingerprint density at radius 3 is 2.14 bits per heavy atom. The van der Waals surface area contributed by atoms with E-state index in [0.29, 0.717) is 27.7 Å². The van der Waals surface area contributed by atoms with Crippen LogP contribution in [0.1, 0.15) is 45.2 Å². The van der Waals surface area contributed by atoms with Crippen molar-refractivity contribution in [2.75, 3.05) is 17.1 Å². The minimum Gasteiger partial charge on any atom is -0.352 e. The van der Waals surface area contributed by atoms with Crippen LogP contribution >= 0.6 is 23.2 Å². The van der Waals surface area contributed by atoms with Crippen LogP contribution in [-0.4, -0.2) is 50.0 Å². The Bertz CT molecular complexity index is 1140. The number of halogens is 2. The van der Waals surface area contributed by atoms with Gasteiger partial charge in [0, 0.05) is 28.2 Å². The minimum absolute atomic E-state index is 0.0561. The first-order valence-electron chi connectivity index (χ1n) is 11.5. The Morgan fingerprint density at radius 1 is 1.00 bits per heavy atom. The van der Waals surface area contributed by atoms with E-state index in [2.05, 4.69) is 5.32 Å². The fourth-order valence-electron chi connectivity index (χ4n) is 3.55. The molecule has 0 unspecified atom stereocenters. The summed E-state index contributed by atoms with van der Waals surface area (Å²) in [6.07, 6.45) is 2.36. The molecule has 2 rings (SSSR count). The van der Waals surface area contributed by atoms with Crippen LogP contribution in [0.5, 0.6) is 0 Å². The van der Waals surface area contributed by atoms with Gasteiger partial charge < -0.3 is 10.2 Å². The molecule has 0 aliphatic heterocycles. The summed E-state index contributed by atoms with van der Waals surface area (Å²) < 4.78 is 26.6. The van der Waals surface area contributed by atoms with Crippen molar-refractivity contribution in [3.8, 4) is 0 Å². The predicted octanol–water partition coefficient (Wildman–Crippen LogP) is 4.65. The number of rotatable bonds is 11. The van der Waals surface area contributed by atoms with E-state index < -0.39 is 28.5 Å². The molecule has 0 aromatic heterocycles. The van der Waals surface area contributed by atoms with Gasteiger partial charge in [-0.05, 0) is 50.5 Å². The number of para-hydroxylation sites is 1. The van der Waals surface area contributed by atoms with Gasteiger partial charge in [0.25, 0.3) is 0 Å². The molecule has 0 aliphatic rings. The van der Waals surface area contributed by atoms with Crippen LogP contribution in [0.4, 0.5) is 5.69 Å². The normalized spacial score (nSPS) is 13.1. The smallest absolute Gasteiger partial charge is 0.244 e. The van der Waals surface area contributed by atoms with Gasteiger partial charge in [0.05, 0.1) is 11.9 Å². The van der Waals surface area contributed by atoms with Crippen LogP contribution in [0.15, 0.2) is 42.5 Å². The van der Waals surface area contributed by atoms with Gasteiger partial charge in [-0.1, -0.05) is 61.3 Å². The zero-order valence-electron chi connectivity index (χ0n) is 20.7. The molecule has 2 amide bonds. The zero-order chi connectivity index (χ0) is 26.3. The predicted molar refractivity (Wildman–Crippen MR) is 142 cm³/mol. The Balaban J connectivity index is 2.48. The SMILES string of the molecule is CCc1ccccc1N(CC(=O)N(Cc1c(Cl)cccc1Cl)[C@H](C)C(=O)N[C@@H](C)CC)S(C)(=O)=O. The van der Waals surface area contributed by atoms with Crippen molar-refractivity contribution in [2.45, 2.75) is 59.2 Å². The lowest BCUT2D eigenvalue weighted by Crippen LogP contribution is -2.52. The van der Waals surface area contributed by atoms with Crippen LogP contribution in [0.3, 0.4) is 0 Å². The molecule has 192 valence electrons. The molecule has 10 heteroatoms. The second-order valence-electron chi connectivity index (χ2n) is 8.47. The molecule has 2 aromatic rings. The van der Waals surface area contributed by atoms with E-state index in [4.69, 9.17) is 23.2 Å². The Labute approximate surface area is 218 Å². The number of carbonyl (C=O) groups is 2. The topological polar surface area (TPSA) is 86.8 Å². The van der Waals surface area contributed by atoms with Crippen molar-refractivity contribution >= 4 is 50.7 Å². The van der Waals surface area contributed by atoms with E-state index in [-0.39, 0.29) is 18.5 Å². The summed E-state index contributed by atoms with van der Waals surface area (Å²) in [5.41, 5.74) is 1.69. The molecule has 7 nitrogen and oxygen atoms in total. The first-order valence-corrected chi connectivity index (χ1v) is 14.1. The summed E-state index contributed by atoms with van der Waals surface area (Å²) >= 11 is 12.7. The fourth-order valence-corrected chi connectivity index (χ4v) is 4.95. The second kappa shape index (κ2) is 12.6. The average Bonchev–Trinajstić information content (AvgIpc) is 2.80. The maximum absolute atomic E-state index is 13.7. The maximum atomic E-state index is 13.7. The van der Waals surface area contributed by atoms with Crippen LogP contribution in [0, 0.1) is 0 Å². The van der Waals surface area contributed by atoms with Gasteiger partial charge in [-0.2, -0.15) is 0 Å². The van der Waals surface area contributed by atoms with Gasteiger partial charge in [0.1, 0.15) is 12.6 Å². The highest BCUT2D eigenvalue weighted by atomic mass is 35.5. The summed E-state index contributed by atoms with van der Waals surface area (Å²) in [4.78, 5) is 27.9. The highest BCUT2D eigenvalue weighted by Crippen LogP contribution is 2.28. The molecule has 1 N–H and O–H groups in total. The molecular weight excluding hydrogens is 509 g/mol. The average molecular weight is 543 g/mol. The van der Waals surface area contributed by atoms with E-state index >= 15 is 0 Å². The number of nitrogens with zero attached hydrogens (tertiary/aromatic N) is 2. The van der Waals surface area contributed by atoms with E-state index in [1.54, 1.807) is 37.3 Å². The van der Waals surface area contributed by atoms with E-state index in [9.17, 15) is 18.0 Å². The molecule has 0 aliphatic carbocycles. The fraction of sp³-hybridized carbons (Fsp3) is 0.440. The number of carbonyl (C=O) groups excluding carboxylic acids is 2. The van der Waals surface area contributed by atoms with Crippen LogP contribution in [0.2, 0.25) is 10.0 Å². The number of anilines is 1. The molecule has 0 bridgehead atoms. The van der Waals surface area contributed by atoms with Crippen molar-refractivity contribution < 1.29 is 18.0 Å². The summed E-state index contributed by atoms with van der Waals surface area (Å²) in [5, 5.41) is 3.58. The number of hydrogen-bond donors (Lipinski definition) is 1. The molecule has 35 heavy (non-hydrogen) atoms. The molecule has 2 atom stereocenters. The van der Waals surface area contributed by atoms with Crippen molar-refractivity contribution in [1.29, 1.82) is 0 Å². The first-order chi connectivity index (χ1) is 16.4. The summed E-state index contributed by atoms with van der Waals surface area (Å²) in [7, 11) is -3.80. The molecule has 0 saturated carbocycles. The molecule has 2 aromatic carbocycles. The van der Waals surface area contributed by atoms with Crippen molar-refractivity contribution in [3.05, 3.63) is 63.6 Å². The van der Waals surface area contributed by atoms with Gasteiger partial charge in [-0.15, -0.1) is 0 Å². The molecule has 0 saturated heterocycles. The lowest BCUT2D eigenvalue weighted by Gasteiger charge is -2.32. The monoisotopic (exact) mass is 541 g/mol. The Hall–Kier alpha value is -2.29. The lowest BCUT2D eigenvalue weighted by atomic mass is 10.1. The van der Waals surface area contributed by atoms with Crippen LogP contribution < -0.4 is 9.62 Å². The standard InChI is InChI=1S/C25H33Cl2N3O4S/c1-6-17(3)28-25(32)18(4)29(15-20-21(26)12-10-13-22(20)27)24(31)16-30(35(5,33)34)23-14-9-8-11-19(23)7-2/h8-14,17-18H,6-7,15-16H2,1-5H3,(H,28,32)/t17-,18+/m0/s1. The molecule has 0 radical (unpaired) electrons. The van der Waals surface area contributed by atoms with E-state index in [1.807, 2.05) is 32.9 Å². The van der Waals surface area contributed by atoms with Gasteiger partial charge in [0.15, 0.2) is 0 Å². The van der Waals surface area contributed by atoms with Crippen molar-refractivity contribution in [3.63, 3.8) is 0 Å². The highest BCUT2D eigenvalue weighted by Gasteiger charge is 2.31. The number of aryl methyl sites for hydroxylation is 1. The van der Waals surface area contributed by atoms with Crippen LogP contribution in [0.25, 0.3) is 0 Å². The molecular formula is C25H33Cl2N3O4S.